The van der Waals surface area contributed by atoms with Crippen LogP contribution in [0.15, 0.2) is 47.5 Å². The van der Waals surface area contributed by atoms with Gasteiger partial charge in [0.05, 0.1) is 0 Å². The van der Waals surface area contributed by atoms with Crippen molar-refractivity contribution >= 4 is 34.5 Å². The minimum absolute atomic E-state index is 0.0128. The van der Waals surface area contributed by atoms with Gasteiger partial charge in [-0.2, -0.15) is 0 Å². The predicted molar refractivity (Wildman–Crippen MR) is 60.3 cm³/mol. The number of carbonyl (C=O) groups excluding carboxylic acids is 1. The van der Waals surface area contributed by atoms with Crippen LogP contribution in [0.3, 0.4) is 0 Å². The molecular formula is C11H8Cl2O. The Balaban J connectivity index is 2.66. The van der Waals surface area contributed by atoms with Gasteiger partial charge in [0, 0.05) is 0 Å². The molecule has 0 aromatic heterocycles. The molecule has 0 amide bonds. The Morgan fingerprint density at radius 1 is 1.14 bits per heavy atom. The van der Waals surface area contributed by atoms with Crippen molar-refractivity contribution in [1.82, 2.24) is 0 Å². The maximum absolute atomic E-state index is 10.5. The third-order valence-corrected chi connectivity index (χ3v) is 2.12. The van der Waals surface area contributed by atoms with Gasteiger partial charge in [-0.3, -0.25) is 4.79 Å². The quantitative estimate of drug-likeness (QED) is 0.438. The molecule has 0 saturated heterocycles. The second kappa shape index (κ2) is 5.63. The van der Waals surface area contributed by atoms with Gasteiger partial charge in [-0.1, -0.05) is 54.1 Å². The molecule has 0 aliphatic carbocycles. The zero-order valence-corrected chi connectivity index (χ0v) is 8.79. The van der Waals surface area contributed by atoms with Crippen molar-refractivity contribution in [3.8, 4) is 0 Å². The molecule has 0 fully saturated rings. The summed E-state index contributed by atoms with van der Waals surface area (Å²) in [6, 6.07) is 9.68. The van der Waals surface area contributed by atoms with Crippen LogP contribution in [0.1, 0.15) is 5.56 Å². The van der Waals surface area contributed by atoms with Crippen LogP contribution in [0.25, 0.3) is 6.08 Å². The molecule has 0 spiro atoms. The molecule has 0 atom stereocenters. The van der Waals surface area contributed by atoms with Crippen LogP contribution in [-0.2, 0) is 4.79 Å². The van der Waals surface area contributed by atoms with E-state index in [1.54, 1.807) is 6.08 Å². The molecule has 0 aliphatic heterocycles. The Labute approximate surface area is 92.6 Å². The second-order valence-electron chi connectivity index (χ2n) is 2.56. The summed E-state index contributed by atoms with van der Waals surface area (Å²) in [4.78, 5) is 10.5. The van der Waals surface area contributed by atoms with E-state index in [4.69, 9.17) is 23.2 Å². The van der Waals surface area contributed by atoms with Crippen LogP contribution in [-0.4, -0.2) is 5.24 Å². The zero-order chi connectivity index (χ0) is 10.4. The first-order valence-electron chi connectivity index (χ1n) is 3.99. The van der Waals surface area contributed by atoms with Crippen LogP contribution in [0.4, 0.5) is 0 Å². The third kappa shape index (κ3) is 3.77. The molecule has 0 bridgehead atoms. The molecule has 72 valence electrons. The number of hydrogen-bond acceptors (Lipinski definition) is 1. The van der Waals surface area contributed by atoms with Crippen molar-refractivity contribution in [3.05, 3.63) is 53.1 Å². The van der Waals surface area contributed by atoms with Gasteiger partial charge in [0.2, 0.25) is 0 Å². The van der Waals surface area contributed by atoms with Gasteiger partial charge < -0.3 is 0 Å². The molecule has 1 nitrogen and oxygen atoms in total. The van der Waals surface area contributed by atoms with Gasteiger partial charge in [-0.05, 0) is 23.2 Å². The SMILES string of the molecule is O=C(Cl)C(Cl)=CC=Cc1ccccc1. The minimum atomic E-state index is -0.649. The first-order valence-corrected chi connectivity index (χ1v) is 4.74. The molecule has 0 heterocycles. The van der Waals surface area contributed by atoms with Crippen molar-refractivity contribution in [3.63, 3.8) is 0 Å². The third-order valence-electron chi connectivity index (χ3n) is 1.52. The van der Waals surface area contributed by atoms with E-state index < -0.39 is 5.24 Å². The second-order valence-corrected chi connectivity index (χ2v) is 3.31. The molecule has 1 rings (SSSR count). The zero-order valence-electron chi connectivity index (χ0n) is 7.28. The number of halogens is 2. The molecule has 0 radical (unpaired) electrons. The molecule has 0 saturated carbocycles. The van der Waals surface area contributed by atoms with Crippen molar-refractivity contribution < 1.29 is 4.79 Å². The van der Waals surface area contributed by atoms with Crippen LogP contribution in [0.2, 0.25) is 0 Å². The Kier molecular flexibility index (Phi) is 4.44. The average Bonchev–Trinajstić information content (AvgIpc) is 2.19. The lowest BCUT2D eigenvalue weighted by Crippen LogP contribution is -1.82. The summed E-state index contributed by atoms with van der Waals surface area (Å²) >= 11 is 10.6. The van der Waals surface area contributed by atoms with Crippen LogP contribution in [0, 0.1) is 0 Å². The highest BCUT2D eigenvalue weighted by Gasteiger charge is 1.97. The summed E-state index contributed by atoms with van der Waals surface area (Å²) in [6.07, 6.45) is 4.98. The lowest BCUT2D eigenvalue weighted by molar-refractivity contribution is -0.108. The van der Waals surface area contributed by atoms with Gasteiger partial charge >= 0.3 is 0 Å². The number of benzene rings is 1. The summed E-state index contributed by atoms with van der Waals surface area (Å²) in [5, 5.41) is -0.636. The number of hydrogen-bond donors (Lipinski definition) is 0. The fourth-order valence-electron chi connectivity index (χ4n) is 0.873. The largest absolute Gasteiger partial charge is 0.275 e. The van der Waals surface area contributed by atoms with Gasteiger partial charge in [0.1, 0.15) is 5.03 Å². The summed E-state index contributed by atoms with van der Waals surface area (Å²) in [5.41, 5.74) is 1.04. The molecule has 0 unspecified atom stereocenters. The van der Waals surface area contributed by atoms with E-state index in [1.165, 1.54) is 6.08 Å². The van der Waals surface area contributed by atoms with E-state index in [-0.39, 0.29) is 5.03 Å². The molecule has 0 aliphatic rings. The molecule has 0 N–H and O–H groups in total. The van der Waals surface area contributed by atoms with E-state index in [9.17, 15) is 4.79 Å². The Morgan fingerprint density at radius 3 is 2.36 bits per heavy atom. The smallest absolute Gasteiger partial charge is 0.263 e. The highest BCUT2D eigenvalue weighted by atomic mass is 35.5. The molecule has 1 aromatic rings. The lowest BCUT2D eigenvalue weighted by atomic mass is 10.2. The van der Waals surface area contributed by atoms with Gasteiger partial charge in [0.25, 0.3) is 5.24 Å². The van der Waals surface area contributed by atoms with E-state index in [0.717, 1.165) is 5.56 Å². The van der Waals surface area contributed by atoms with Crippen molar-refractivity contribution in [2.45, 2.75) is 0 Å². The maximum Gasteiger partial charge on any atom is 0.263 e. The number of carbonyl (C=O) groups is 1. The maximum atomic E-state index is 10.5. The average molecular weight is 227 g/mol. The standard InChI is InChI=1S/C11H8Cl2O/c12-10(11(13)14)8-4-7-9-5-2-1-3-6-9/h1-8H. The topological polar surface area (TPSA) is 17.1 Å². The molecule has 14 heavy (non-hydrogen) atoms. The van der Waals surface area contributed by atoms with Gasteiger partial charge in [-0.25, -0.2) is 0 Å². The molecular weight excluding hydrogens is 219 g/mol. The van der Waals surface area contributed by atoms with E-state index in [0.29, 0.717) is 0 Å². The molecule has 1 aromatic carbocycles. The Morgan fingerprint density at radius 2 is 1.79 bits per heavy atom. The van der Waals surface area contributed by atoms with Crippen molar-refractivity contribution in [2.24, 2.45) is 0 Å². The van der Waals surface area contributed by atoms with E-state index >= 15 is 0 Å². The van der Waals surface area contributed by atoms with E-state index in [2.05, 4.69) is 0 Å². The van der Waals surface area contributed by atoms with Crippen molar-refractivity contribution in [2.75, 3.05) is 0 Å². The van der Waals surface area contributed by atoms with Crippen LogP contribution in [0.5, 0.6) is 0 Å². The first kappa shape index (κ1) is 11.0. The normalized spacial score (nSPS) is 12.0. The fraction of sp³-hybridized carbons (Fsp3) is 0. The monoisotopic (exact) mass is 226 g/mol. The van der Waals surface area contributed by atoms with Crippen LogP contribution < -0.4 is 0 Å². The van der Waals surface area contributed by atoms with E-state index in [1.807, 2.05) is 36.4 Å². The summed E-state index contributed by atoms with van der Waals surface area (Å²) in [5.74, 6) is 0. The summed E-state index contributed by atoms with van der Waals surface area (Å²) in [7, 11) is 0. The van der Waals surface area contributed by atoms with Gasteiger partial charge in [-0.15, -0.1) is 0 Å². The summed E-state index contributed by atoms with van der Waals surface area (Å²) in [6.45, 7) is 0. The van der Waals surface area contributed by atoms with Crippen LogP contribution >= 0.6 is 23.2 Å². The Bertz CT molecular complexity index is 366. The minimum Gasteiger partial charge on any atom is -0.275 e. The fourth-order valence-corrected chi connectivity index (χ4v) is 1.01. The number of rotatable bonds is 3. The van der Waals surface area contributed by atoms with Crippen molar-refractivity contribution in [1.29, 1.82) is 0 Å². The first-order chi connectivity index (χ1) is 6.70. The number of allylic oxidation sites excluding steroid dienone is 3. The lowest BCUT2D eigenvalue weighted by Gasteiger charge is -1.89. The predicted octanol–water partition coefficient (Wildman–Crippen LogP) is 3.59. The highest BCUT2D eigenvalue weighted by molar-refractivity contribution is 6.74. The molecule has 3 heteroatoms. The summed E-state index contributed by atoms with van der Waals surface area (Å²) < 4.78 is 0. The Hall–Kier alpha value is -1.05. The highest BCUT2D eigenvalue weighted by Crippen LogP contribution is 2.07. The van der Waals surface area contributed by atoms with Gasteiger partial charge in [0.15, 0.2) is 0 Å².